The predicted molar refractivity (Wildman–Crippen MR) is 63.8 cm³/mol. The van der Waals surface area contributed by atoms with E-state index in [4.69, 9.17) is 10.5 Å². The Morgan fingerprint density at radius 3 is 2.53 bits per heavy atom. The van der Waals surface area contributed by atoms with Crippen LogP contribution in [0.2, 0.25) is 0 Å². The molecule has 2 aromatic heterocycles. The summed E-state index contributed by atoms with van der Waals surface area (Å²) in [5.74, 6) is 0.722. The van der Waals surface area contributed by atoms with Gasteiger partial charge in [-0.05, 0) is 6.92 Å². The van der Waals surface area contributed by atoms with Gasteiger partial charge in [0, 0.05) is 24.8 Å². The van der Waals surface area contributed by atoms with Gasteiger partial charge in [-0.2, -0.15) is 10.2 Å². The zero-order valence-corrected chi connectivity index (χ0v) is 10.2. The molecule has 2 atom stereocenters. The first-order valence-corrected chi connectivity index (χ1v) is 5.44. The minimum atomic E-state index is -0.0659. The molecule has 6 nitrogen and oxygen atoms in total. The Morgan fingerprint density at radius 1 is 1.29 bits per heavy atom. The second-order valence-corrected chi connectivity index (χ2v) is 4.11. The molecule has 0 bridgehead atoms. The van der Waals surface area contributed by atoms with Crippen molar-refractivity contribution in [1.29, 1.82) is 0 Å². The van der Waals surface area contributed by atoms with Gasteiger partial charge in [-0.15, -0.1) is 0 Å². The number of aryl methyl sites for hydroxylation is 1. The third-order valence-corrected chi connectivity index (χ3v) is 2.66. The summed E-state index contributed by atoms with van der Waals surface area (Å²) in [6, 6.07) is -0.101. The molecule has 0 amide bonds. The molecule has 6 heteroatoms. The van der Waals surface area contributed by atoms with Gasteiger partial charge in [0.05, 0.1) is 31.7 Å². The zero-order valence-electron chi connectivity index (χ0n) is 10.2. The number of nitrogens with zero attached hydrogens (tertiary/aromatic N) is 4. The van der Waals surface area contributed by atoms with Crippen LogP contribution in [-0.4, -0.2) is 32.7 Å². The third kappa shape index (κ3) is 2.31. The summed E-state index contributed by atoms with van der Waals surface area (Å²) in [6.45, 7) is 1.95. The highest BCUT2D eigenvalue weighted by Gasteiger charge is 2.20. The van der Waals surface area contributed by atoms with Crippen molar-refractivity contribution >= 4 is 0 Å². The first-order chi connectivity index (χ1) is 8.11. The molecule has 2 N–H and O–H groups in total. The summed E-state index contributed by atoms with van der Waals surface area (Å²) in [6.07, 6.45) is 7.26. The van der Waals surface area contributed by atoms with E-state index in [0.717, 1.165) is 11.3 Å². The molecule has 2 aromatic rings. The first-order valence-electron chi connectivity index (χ1n) is 5.44. The normalized spacial score (nSPS) is 14.6. The molecule has 2 unspecified atom stereocenters. The Kier molecular flexibility index (Phi) is 3.14. The molecular weight excluding hydrogens is 218 g/mol. The Morgan fingerprint density at radius 2 is 2.06 bits per heavy atom. The van der Waals surface area contributed by atoms with Gasteiger partial charge in [0.15, 0.2) is 5.75 Å². The monoisotopic (exact) mass is 235 g/mol. The van der Waals surface area contributed by atoms with Crippen LogP contribution in [0.4, 0.5) is 0 Å². The molecule has 0 spiro atoms. The van der Waals surface area contributed by atoms with Gasteiger partial charge in [-0.25, -0.2) is 0 Å². The van der Waals surface area contributed by atoms with Crippen LogP contribution in [0.3, 0.4) is 0 Å². The van der Waals surface area contributed by atoms with Gasteiger partial charge in [-0.1, -0.05) is 0 Å². The lowest BCUT2D eigenvalue weighted by atomic mass is 10.1. The third-order valence-electron chi connectivity index (χ3n) is 2.66. The predicted octanol–water partition coefficient (Wildman–Crippen LogP) is 0.562. The second-order valence-electron chi connectivity index (χ2n) is 4.11. The molecule has 0 saturated carbocycles. The molecule has 17 heavy (non-hydrogen) atoms. The van der Waals surface area contributed by atoms with E-state index in [0.29, 0.717) is 0 Å². The van der Waals surface area contributed by atoms with Crippen LogP contribution in [0.15, 0.2) is 24.8 Å². The van der Waals surface area contributed by atoms with Crippen LogP contribution >= 0.6 is 0 Å². The number of methoxy groups -OCH3 is 1. The Balaban J connectivity index is 2.35. The summed E-state index contributed by atoms with van der Waals surface area (Å²) in [5.41, 5.74) is 7.06. The molecule has 92 valence electrons. The van der Waals surface area contributed by atoms with Gasteiger partial charge < -0.3 is 10.5 Å². The van der Waals surface area contributed by atoms with E-state index in [1.54, 1.807) is 22.7 Å². The van der Waals surface area contributed by atoms with Crippen LogP contribution in [0, 0.1) is 0 Å². The fourth-order valence-corrected chi connectivity index (χ4v) is 1.87. The topological polar surface area (TPSA) is 70.9 Å². The molecule has 0 radical (unpaired) electrons. The molecule has 2 rings (SSSR count). The van der Waals surface area contributed by atoms with E-state index in [2.05, 4.69) is 10.2 Å². The van der Waals surface area contributed by atoms with E-state index in [-0.39, 0.29) is 12.1 Å². The van der Waals surface area contributed by atoms with Crippen molar-refractivity contribution in [1.82, 2.24) is 19.6 Å². The lowest BCUT2D eigenvalue weighted by molar-refractivity contribution is 0.409. The SMILES string of the molecule is COc1cnn(C(c2cnn(C)c2)C(C)N)c1. The van der Waals surface area contributed by atoms with Crippen LogP contribution in [0.25, 0.3) is 0 Å². The van der Waals surface area contributed by atoms with Gasteiger partial charge in [0.1, 0.15) is 0 Å². The molecule has 0 aromatic carbocycles. The Hall–Kier alpha value is -1.82. The zero-order chi connectivity index (χ0) is 12.4. The van der Waals surface area contributed by atoms with Crippen LogP contribution < -0.4 is 10.5 Å². The standard InChI is InChI=1S/C11H17N5O/c1-8(12)11(9-4-13-15(2)6-9)16-7-10(17-3)5-14-16/h4-8,11H,12H2,1-3H3. The highest BCUT2D eigenvalue weighted by atomic mass is 16.5. The second kappa shape index (κ2) is 4.58. The van der Waals surface area contributed by atoms with Crippen LogP contribution in [0.1, 0.15) is 18.5 Å². The summed E-state index contributed by atoms with van der Waals surface area (Å²) < 4.78 is 8.68. The number of hydrogen-bond donors (Lipinski definition) is 1. The summed E-state index contributed by atoms with van der Waals surface area (Å²) in [7, 11) is 3.50. The summed E-state index contributed by atoms with van der Waals surface area (Å²) in [4.78, 5) is 0. The molecule has 0 aliphatic carbocycles. The number of nitrogens with two attached hydrogens (primary N) is 1. The van der Waals surface area contributed by atoms with Crippen molar-refractivity contribution in [2.75, 3.05) is 7.11 Å². The highest BCUT2D eigenvalue weighted by molar-refractivity contribution is 5.18. The smallest absolute Gasteiger partial charge is 0.156 e. The maximum absolute atomic E-state index is 6.02. The Bertz CT molecular complexity index is 488. The molecular formula is C11H17N5O. The fraction of sp³-hybridized carbons (Fsp3) is 0.455. The van der Waals surface area contributed by atoms with Crippen molar-refractivity contribution < 1.29 is 4.74 Å². The van der Waals surface area contributed by atoms with E-state index >= 15 is 0 Å². The van der Waals surface area contributed by atoms with E-state index in [9.17, 15) is 0 Å². The lowest BCUT2D eigenvalue weighted by Crippen LogP contribution is -2.30. The summed E-state index contributed by atoms with van der Waals surface area (Å²) >= 11 is 0. The van der Waals surface area contributed by atoms with E-state index < -0.39 is 0 Å². The lowest BCUT2D eigenvalue weighted by Gasteiger charge is -2.19. The Labute approximate surface area is 100.0 Å². The van der Waals surface area contributed by atoms with Crippen molar-refractivity contribution in [3.8, 4) is 5.75 Å². The minimum absolute atomic E-state index is 0.0346. The van der Waals surface area contributed by atoms with Crippen molar-refractivity contribution in [3.63, 3.8) is 0 Å². The van der Waals surface area contributed by atoms with Gasteiger partial charge in [-0.3, -0.25) is 9.36 Å². The first kappa shape index (κ1) is 11.7. The minimum Gasteiger partial charge on any atom is -0.493 e. The van der Waals surface area contributed by atoms with E-state index in [1.807, 2.05) is 32.6 Å². The van der Waals surface area contributed by atoms with Crippen LogP contribution in [0.5, 0.6) is 5.75 Å². The van der Waals surface area contributed by atoms with Gasteiger partial charge >= 0.3 is 0 Å². The van der Waals surface area contributed by atoms with Gasteiger partial charge in [0.25, 0.3) is 0 Å². The number of rotatable bonds is 4. The number of aromatic nitrogens is 4. The molecule has 0 saturated heterocycles. The fourth-order valence-electron chi connectivity index (χ4n) is 1.87. The van der Waals surface area contributed by atoms with E-state index in [1.165, 1.54) is 0 Å². The van der Waals surface area contributed by atoms with Crippen molar-refractivity contribution in [2.45, 2.75) is 19.0 Å². The van der Waals surface area contributed by atoms with Gasteiger partial charge in [0.2, 0.25) is 0 Å². The molecule has 0 fully saturated rings. The number of ether oxygens (including phenoxy) is 1. The van der Waals surface area contributed by atoms with Crippen molar-refractivity contribution in [2.24, 2.45) is 12.8 Å². The average Bonchev–Trinajstić information content (AvgIpc) is 2.88. The van der Waals surface area contributed by atoms with Crippen LogP contribution in [-0.2, 0) is 7.05 Å². The van der Waals surface area contributed by atoms with Crippen molar-refractivity contribution in [3.05, 3.63) is 30.4 Å². The maximum Gasteiger partial charge on any atom is 0.156 e. The largest absolute Gasteiger partial charge is 0.493 e. The number of hydrogen-bond acceptors (Lipinski definition) is 4. The molecule has 2 heterocycles. The summed E-state index contributed by atoms with van der Waals surface area (Å²) in [5, 5.41) is 8.43. The molecule has 0 aliphatic rings. The quantitative estimate of drug-likeness (QED) is 0.840. The average molecular weight is 235 g/mol. The maximum atomic E-state index is 6.02. The molecule has 0 aliphatic heterocycles. The highest BCUT2D eigenvalue weighted by Crippen LogP contribution is 2.22.